The molecule has 0 atom stereocenters. The van der Waals surface area contributed by atoms with Crippen molar-refractivity contribution in [1.82, 2.24) is 0 Å². The van der Waals surface area contributed by atoms with Crippen molar-refractivity contribution in [3.8, 4) is 34.4 Å². The first kappa shape index (κ1) is 34.1. The van der Waals surface area contributed by atoms with Gasteiger partial charge in [0.1, 0.15) is 12.1 Å². The molecule has 1 spiro atoms. The molecule has 0 heterocycles. The third-order valence-electron chi connectivity index (χ3n) is 12.1. The molecule has 0 aliphatic heterocycles. The van der Waals surface area contributed by atoms with Crippen LogP contribution in [0.5, 0.6) is 0 Å². The van der Waals surface area contributed by atoms with Gasteiger partial charge in [-0.15, -0.1) is 0 Å². The maximum absolute atomic E-state index is 10.4. The Kier molecular flexibility index (Phi) is 7.80. The van der Waals surface area contributed by atoms with E-state index in [-0.39, 0.29) is 0 Å². The summed E-state index contributed by atoms with van der Waals surface area (Å²) in [6.45, 7) is 0. The number of anilines is 6. The lowest BCUT2D eigenvalue weighted by Gasteiger charge is -2.41. The number of para-hydroxylation sites is 4. The normalized spacial score (nSPS) is 12.5. The average molecular weight is 751 g/mol. The van der Waals surface area contributed by atoms with Gasteiger partial charge >= 0.3 is 0 Å². The first-order valence-corrected chi connectivity index (χ1v) is 19.8. The highest BCUT2D eigenvalue weighted by Crippen LogP contribution is 2.63. The van der Waals surface area contributed by atoms with Crippen LogP contribution in [0.4, 0.5) is 34.1 Å². The van der Waals surface area contributed by atoms with E-state index in [1.807, 2.05) is 84.9 Å². The van der Waals surface area contributed by atoms with Crippen molar-refractivity contribution in [1.29, 1.82) is 10.5 Å². The molecule has 0 saturated heterocycles. The molecule has 0 saturated carbocycles. The summed E-state index contributed by atoms with van der Waals surface area (Å²) in [5.74, 6) is 0. The van der Waals surface area contributed by atoms with Crippen LogP contribution in [-0.2, 0) is 5.41 Å². The van der Waals surface area contributed by atoms with Crippen molar-refractivity contribution in [2.75, 3.05) is 9.80 Å². The molecule has 0 radical (unpaired) electrons. The molecule has 59 heavy (non-hydrogen) atoms. The smallest absolute Gasteiger partial charge is 0.101 e. The molecule has 0 bridgehead atoms. The summed E-state index contributed by atoms with van der Waals surface area (Å²) in [5, 5.41) is 23.0. The molecule has 0 unspecified atom stereocenters. The lowest BCUT2D eigenvalue weighted by molar-refractivity contribution is 0.773. The predicted molar refractivity (Wildman–Crippen MR) is 239 cm³/mol. The minimum atomic E-state index is -0.678. The molecule has 0 amide bonds. The van der Waals surface area contributed by atoms with E-state index in [9.17, 15) is 10.5 Å². The number of hydrogen-bond acceptors (Lipinski definition) is 4. The minimum absolute atomic E-state index is 0.601. The van der Waals surface area contributed by atoms with Crippen molar-refractivity contribution < 1.29 is 0 Å². The van der Waals surface area contributed by atoms with Crippen molar-refractivity contribution in [2.45, 2.75) is 5.41 Å². The van der Waals surface area contributed by atoms with E-state index in [1.165, 1.54) is 38.8 Å². The number of nitriles is 2. The van der Waals surface area contributed by atoms with Crippen LogP contribution >= 0.6 is 0 Å². The summed E-state index contributed by atoms with van der Waals surface area (Å²) >= 11 is 0. The Morgan fingerprint density at radius 2 is 0.831 bits per heavy atom. The molecular formula is C55H34N4. The second-order valence-corrected chi connectivity index (χ2v) is 15.0. The Balaban J connectivity index is 1.26. The van der Waals surface area contributed by atoms with E-state index in [1.54, 1.807) is 0 Å². The zero-order chi connectivity index (χ0) is 39.5. The molecule has 0 fully saturated rings. The molecule has 9 aromatic carbocycles. The SMILES string of the molecule is N#Cc1ccccc1N(c1ccccc1)c1ccc2c(c1)C1(c3ccccc3-c3ccccc31)c1cccc3c(N(c4ccccc4)c4ccccc4C#N)ccc-2c13. The van der Waals surface area contributed by atoms with E-state index in [0.29, 0.717) is 11.1 Å². The summed E-state index contributed by atoms with van der Waals surface area (Å²) in [7, 11) is 0. The lowest BCUT2D eigenvalue weighted by atomic mass is 9.61. The van der Waals surface area contributed by atoms with Crippen LogP contribution in [0.1, 0.15) is 33.4 Å². The van der Waals surface area contributed by atoms with Gasteiger partial charge in [-0.1, -0.05) is 140 Å². The lowest BCUT2D eigenvalue weighted by Crippen LogP contribution is -2.32. The number of hydrogen-bond donors (Lipinski definition) is 0. The number of rotatable bonds is 6. The second-order valence-electron chi connectivity index (χ2n) is 15.0. The van der Waals surface area contributed by atoms with Gasteiger partial charge in [-0.05, 0) is 117 Å². The highest BCUT2D eigenvalue weighted by atomic mass is 15.2. The van der Waals surface area contributed by atoms with E-state index in [2.05, 4.69) is 143 Å². The monoisotopic (exact) mass is 750 g/mol. The third-order valence-corrected chi connectivity index (χ3v) is 12.1. The fourth-order valence-electron chi connectivity index (χ4n) is 9.82. The highest BCUT2D eigenvalue weighted by molar-refractivity contribution is 6.13. The topological polar surface area (TPSA) is 54.1 Å². The predicted octanol–water partition coefficient (Wildman–Crippen LogP) is 13.9. The minimum Gasteiger partial charge on any atom is -0.309 e. The largest absolute Gasteiger partial charge is 0.309 e. The van der Waals surface area contributed by atoms with Crippen molar-refractivity contribution in [2.24, 2.45) is 0 Å². The number of benzene rings is 9. The highest BCUT2D eigenvalue weighted by Gasteiger charge is 2.50. The molecule has 274 valence electrons. The molecule has 11 rings (SSSR count). The molecule has 0 aromatic heterocycles. The molecular weight excluding hydrogens is 717 g/mol. The molecule has 0 N–H and O–H groups in total. The Morgan fingerprint density at radius 1 is 0.339 bits per heavy atom. The van der Waals surface area contributed by atoms with E-state index < -0.39 is 5.41 Å². The fraction of sp³-hybridized carbons (Fsp3) is 0.0182. The van der Waals surface area contributed by atoms with E-state index in [0.717, 1.165) is 50.6 Å². The second kappa shape index (κ2) is 13.5. The molecule has 4 heteroatoms. The van der Waals surface area contributed by atoms with Gasteiger partial charge in [-0.3, -0.25) is 0 Å². The van der Waals surface area contributed by atoms with E-state index in [4.69, 9.17) is 0 Å². The summed E-state index contributed by atoms with van der Waals surface area (Å²) in [6, 6.07) is 77.1. The van der Waals surface area contributed by atoms with Crippen LogP contribution < -0.4 is 9.80 Å². The van der Waals surface area contributed by atoms with Crippen LogP contribution in [0.2, 0.25) is 0 Å². The van der Waals surface area contributed by atoms with Gasteiger partial charge in [0.2, 0.25) is 0 Å². The average Bonchev–Trinajstić information content (AvgIpc) is 3.60. The quantitative estimate of drug-likeness (QED) is 0.170. The number of fused-ring (bicyclic) bond motifs is 9. The van der Waals surface area contributed by atoms with Crippen LogP contribution in [0, 0.1) is 22.7 Å². The number of nitrogens with zero attached hydrogens (tertiary/aromatic N) is 4. The summed E-state index contributed by atoms with van der Waals surface area (Å²) in [4.78, 5) is 4.44. The van der Waals surface area contributed by atoms with Crippen molar-refractivity contribution in [3.63, 3.8) is 0 Å². The Morgan fingerprint density at radius 3 is 1.46 bits per heavy atom. The van der Waals surface area contributed by atoms with Gasteiger partial charge in [-0.2, -0.15) is 10.5 Å². The maximum atomic E-state index is 10.4. The van der Waals surface area contributed by atoms with Gasteiger partial charge in [0.05, 0.1) is 33.6 Å². The van der Waals surface area contributed by atoms with Gasteiger partial charge in [0.25, 0.3) is 0 Å². The summed E-state index contributed by atoms with van der Waals surface area (Å²) in [6.07, 6.45) is 0. The third kappa shape index (κ3) is 4.94. The van der Waals surface area contributed by atoms with E-state index >= 15 is 0 Å². The van der Waals surface area contributed by atoms with Crippen LogP contribution in [0.3, 0.4) is 0 Å². The summed E-state index contributed by atoms with van der Waals surface area (Å²) in [5.41, 5.74) is 15.7. The van der Waals surface area contributed by atoms with Crippen LogP contribution in [0.25, 0.3) is 33.0 Å². The molecule has 2 aliphatic carbocycles. The van der Waals surface area contributed by atoms with Crippen LogP contribution in [0.15, 0.2) is 206 Å². The standard InChI is InChI=1S/C55H34N4/c56-35-37-16-7-13-28-51(37)58(39-18-3-1-4-19-39)41-30-31-44-45-32-33-53(59(40-20-5-2-6-21-40)52-29-14-8-17-38(52)36-57)46-24-15-27-49(54(45)46)55(50(44)34-41)47-25-11-9-22-42(47)43-23-10-12-26-48(43)55/h1-34H. The Labute approximate surface area is 343 Å². The first-order valence-electron chi connectivity index (χ1n) is 19.8. The fourth-order valence-corrected chi connectivity index (χ4v) is 9.82. The van der Waals surface area contributed by atoms with Gasteiger partial charge in [0, 0.05) is 22.4 Å². The van der Waals surface area contributed by atoms with Gasteiger partial charge in [0.15, 0.2) is 0 Å². The summed E-state index contributed by atoms with van der Waals surface area (Å²) < 4.78 is 0. The maximum Gasteiger partial charge on any atom is 0.101 e. The molecule has 2 aliphatic rings. The Bertz CT molecular complexity index is 3160. The zero-order valence-electron chi connectivity index (χ0n) is 31.9. The van der Waals surface area contributed by atoms with Crippen molar-refractivity contribution >= 4 is 44.9 Å². The van der Waals surface area contributed by atoms with Gasteiger partial charge in [-0.25, -0.2) is 0 Å². The zero-order valence-corrected chi connectivity index (χ0v) is 31.9. The molecule has 4 nitrogen and oxygen atoms in total. The Hall–Kier alpha value is -8.18. The van der Waals surface area contributed by atoms with Crippen molar-refractivity contribution in [3.05, 3.63) is 240 Å². The van der Waals surface area contributed by atoms with Gasteiger partial charge < -0.3 is 9.80 Å². The van der Waals surface area contributed by atoms with Crippen LogP contribution in [-0.4, -0.2) is 0 Å². The molecule has 9 aromatic rings. The first-order chi connectivity index (χ1) is 29.2.